The Hall–Kier alpha value is -0.0800. The first-order chi connectivity index (χ1) is 8.18. The number of alkyl halides is 1. The number of halogens is 3. The normalized spacial score (nSPS) is 19.9. The van der Waals surface area contributed by atoms with Crippen molar-refractivity contribution in [3.8, 4) is 0 Å². The number of rotatable bonds is 2. The Balaban J connectivity index is 2.11. The lowest BCUT2D eigenvalue weighted by Gasteiger charge is -2.21. The minimum Gasteiger partial charge on any atom is -0.206 e. The Bertz CT molecular complexity index is 372. The summed E-state index contributed by atoms with van der Waals surface area (Å²) in [4.78, 5) is 0. The van der Waals surface area contributed by atoms with E-state index in [0.717, 1.165) is 5.56 Å². The van der Waals surface area contributed by atoms with Gasteiger partial charge in [0.05, 0.1) is 9.85 Å². The summed E-state index contributed by atoms with van der Waals surface area (Å²) in [6.07, 6.45) is 7.60. The van der Waals surface area contributed by atoms with E-state index in [1.807, 2.05) is 12.1 Å². The molecule has 2 rings (SSSR count). The molecule has 1 aromatic carbocycles. The van der Waals surface area contributed by atoms with Gasteiger partial charge < -0.3 is 0 Å². The van der Waals surface area contributed by atoms with Crippen molar-refractivity contribution < 1.29 is 4.39 Å². The Morgan fingerprint density at radius 3 is 2.41 bits per heavy atom. The van der Waals surface area contributed by atoms with Gasteiger partial charge in [-0.2, -0.15) is 0 Å². The summed E-state index contributed by atoms with van der Waals surface area (Å²) < 4.78 is 13.7. The maximum Gasteiger partial charge on any atom is 0.137 e. The van der Waals surface area contributed by atoms with E-state index in [4.69, 9.17) is 11.6 Å². The van der Waals surface area contributed by atoms with Crippen LogP contribution in [0.1, 0.15) is 49.5 Å². The molecule has 0 aromatic heterocycles. The maximum absolute atomic E-state index is 13.2. The molecule has 1 aliphatic rings. The van der Waals surface area contributed by atoms with Crippen LogP contribution in [0.3, 0.4) is 0 Å². The van der Waals surface area contributed by atoms with Crippen LogP contribution in [0.2, 0.25) is 0 Å². The quantitative estimate of drug-likeness (QED) is 0.474. The van der Waals surface area contributed by atoms with E-state index in [1.165, 1.54) is 44.6 Å². The minimum atomic E-state index is -0.224. The van der Waals surface area contributed by atoms with Gasteiger partial charge in [-0.25, -0.2) is 4.39 Å². The number of hydrogen-bond donors (Lipinski definition) is 0. The molecule has 17 heavy (non-hydrogen) atoms. The number of hydrogen-bond acceptors (Lipinski definition) is 0. The highest BCUT2D eigenvalue weighted by Gasteiger charge is 2.22. The molecule has 0 N–H and O–H groups in total. The van der Waals surface area contributed by atoms with E-state index in [0.29, 0.717) is 10.4 Å². The molecule has 0 radical (unpaired) electrons. The van der Waals surface area contributed by atoms with Crippen LogP contribution >= 0.6 is 27.5 Å². The summed E-state index contributed by atoms with van der Waals surface area (Å²) in [5.41, 5.74) is 1.03. The average Bonchev–Trinajstić information content (AvgIpc) is 2.60. The van der Waals surface area contributed by atoms with Crippen LogP contribution in [0.15, 0.2) is 22.7 Å². The zero-order valence-corrected chi connectivity index (χ0v) is 12.1. The van der Waals surface area contributed by atoms with Crippen molar-refractivity contribution in [1.29, 1.82) is 0 Å². The summed E-state index contributed by atoms with van der Waals surface area (Å²) in [5.74, 6) is 0.315. The molecule has 94 valence electrons. The van der Waals surface area contributed by atoms with Gasteiger partial charge in [-0.15, -0.1) is 11.6 Å². The van der Waals surface area contributed by atoms with Crippen LogP contribution in [-0.2, 0) is 0 Å². The fourth-order valence-electron chi connectivity index (χ4n) is 2.56. The Morgan fingerprint density at radius 2 is 1.82 bits per heavy atom. The third kappa shape index (κ3) is 3.45. The van der Waals surface area contributed by atoms with E-state index in [2.05, 4.69) is 15.9 Å². The van der Waals surface area contributed by atoms with E-state index >= 15 is 0 Å². The van der Waals surface area contributed by atoms with Crippen molar-refractivity contribution in [2.24, 2.45) is 5.92 Å². The highest BCUT2D eigenvalue weighted by Crippen LogP contribution is 2.38. The van der Waals surface area contributed by atoms with Gasteiger partial charge in [0.2, 0.25) is 0 Å². The maximum atomic E-state index is 13.2. The number of benzene rings is 1. The average molecular weight is 320 g/mol. The van der Waals surface area contributed by atoms with Crippen LogP contribution in [0.4, 0.5) is 4.39 Å². The second-order valence-electron chi connectivity index (χ2n) is 4.83. The van der Waals surface area contributed by atoms with Crippen LogP contribution in [0, 0.1) is 11.7 Å². The fraction of sp³-hybridized carbons (Fsp3) is 0.571. The van der Waals surface area contributed by atoms with E-state index in [-0.39, 0.29) is 11.2 Å². The molecule has 0 aliphatic heterocycles. The van der Waals surface area contributed by atoms with Crippen LogP contribution in [0.25, 0.3) is 0 Å². The summed E-state index contributed by atoms with van der Waals surface area (Å²) in [6, 6.07) is 5.12. The zero-order chi connectivity index (χ0) is 12.3. The Kier molecular flexibility index (Phi) is 4.87. The van der Waals surface area contributed by atoms with Crippen LogP contribution in [0.5, 0.6) is 0 Å². The molecule has 0 heterocycles. The zero-order valence-electron chi connectivity index (χ0n) is 9.76. The van der Waals surface area contributed by atoms with Gasteiger partial charge in [0.25, 0.3) is 0 Å². The first-order valence-corrected chi connectivity index (χ1v) is 7.50. The minimum absolute atomic E-state index is 0.0185. The molecule has 0 saturated heterocycles. The fourth-order valence-corrected chi connectivity index (χ4v) is 3.34. The lowest BCUT2D eigenvalue weighted by Crippen LogP contribution is -2.07. The molecule has 3 heteroatoms. The van der Waals surface area contributed by atoms with Crippen molar-refractivity contribution >= 4 is 27.5 Å². The monoisotopic (exact) mass is 318 g/mol. The topological polar surface area (TPSA) is 0 Å². The molecule has 1 atom stereocenters. The molecule has 1 unspecified atom stereocenters. The van der Waals surface area contributed by atoms with Gasteiger partial charge in [0.15, 0.2) is 0 Å². The van der Waals surface area contributed by atoms with Gasteiger partial charge in [0.1, 0.15) is 5.82 Å². The largest absolute Gasteiger partial charge is 0.206 e. The summed E-state index contributed by atoms with van der Waals surface area (Å²) >= 11 is 9.76. The molecule has 1 aliphatic carbocycles. The Labute approximate surface area is 116 Å². The molecule has 1 aromatic rings. The lowest BCUT2D eigenvalue weighted by molar-refractivity contribution is 0.444. The van der Waals surface area contributed by atoms with Crippen molar-refractivity contribution in [3.05, 3.63) is 34.1 Å². The highest BCUT2D eigenvalue weighted by molar-refractivity contribution is 9.10. The van der Waals surface area contributed by atoms with Crippen LogP contribution < -0.4 is 0 Å². The van der Waals surface area contributed by atoms with Gasteiger partial charge >= 0.3 is 0 Å². The van der Waals surface area contributed by atoms with Crippen molar-refractivity contribution in [2.75, 3.05) is 0 Å². The van der Waals surface area contributed by atoms with Gasteiger partial charge in [-0.05, 0) is 52.4 Å². The van der Waals surface area contributed by atoms with Gasteiger partial charge in [-0.1, -0.05) is 31.7 Å². The molecule has 1 fully saturated rings. The van der Waals surface area contributed by atoms with Gasteiger partial charge in [0, 0.05) is 0 Å². The van der Waals surface area contributed by atoms with Crippen LogP contribution in [-0.4, -0.2) is 0 Å². The highest BCUT2D eigenvalue weighted by atomic mass is 79.9. The standard InChI is InChI=1S/C14H17BrClF/c15-12-9-11(7-8-13(12)17)14(16)10-5-3-1-2-4-6-10/h7-10,14H,1-6H2. The molecule has 0 bridgehead atoms. The van der Waals surface area contributed by atoms with E-state index in [9.17, 15) is 4.39 Å². The smallest absolute Gasteiger partial charge is 0.137 e. The first-order valence-electron chi connectivity index (χ1n) is 6.27. The van der Waals surface area contributed by atoms with E-state index in [1.54, 1.807) is 0 Å². The Morgan fingerprint density at radius 1 is 1.18 bits per heavy atom. The van der Waals surface area contributed by atoms with Crippen molar-refractivity contribution in [1.82, 2.24) is 0 Å². The third-order valence-corrected chi connectivity index (χ3v) is 4.79. The third-order valence-electron chi connectivity index (χ3n) is 3.58. The summed E-state index contributed by atoms with van der Waals surface area (Å²) in [7, 11) is 0. The molecule has 0 spiro atoms. The molecular formula is C14H17BrClF. The lowest BCUT2D eigenvalue weighted by atomic mass is 9.92. The predicted molar refractivity (Wildman–Crippen MR) is 73.9 cm³/mol. The summed E-state index contributed by atoms with van der Waals surface area (Å²) in [5, 5.41) is 0.0185. The molecule has 0 nitrogen and oxygen atoms in total. The summed E-state index contributed by atoms with van der Waals surface area (Å²) in [6.45, 7) is 0. The molecular weight excluding hydrogens is 303 g/mol. The van der Waals surface area contributed by atoms with Gasteiger partial charge in [-0.3, -0.25) is 0 Å². The SMILES string of the molecule is Fc1ccc(C(Cl)C2CCCCCC2)cc1Br. The van der Waals surface area contributed by atoms with Crippen molar-refractivity contribution in [3.63, 3.8) is 0 Å². The molecule has 0 amide bonds. The predicted octanol–water partition coefficient (Wildman–Crippen LogP) is 5.84. The van der Waals surface area contributed by atoms with Crippen molar-refractivity contribution in [2.45, 2.75) is 43.9 Å². The molecule has 1 saturated carbocycles. The second-order valence-corrected chi connectivity index (χ2v) is 6.15. The second kappa shape index (κ2) is 6.19. The first kappa shape index (κ1) is 13.4. The van der Waals surface area contributed by atoms with E-state index < -0.39 is 0 Å².